The Morgan fingerprint density at radius 1 is 0.826 bits per heavy atom. The van der Waals surface area contributed by atoms with Gasteiger partial charge in [0.25, 0.3) is 0 Å². The molecule has 0 aromatic heterocycles. The van der Waals surface area contributed by atoms with Gasteiger partial charge in [0, 0.05) is 11.1 Å². The van der Waals surface area contributed by atoms with Crippen LogP contribution in [0.25, 0.3) is 11.1 Å². The summed E-state index contributed by atoms with van der Waals surface area (Å²) in [6.45, 7) is 2.02. The van der Waals surface area contributed by atoms with Gasteiger partial charge < -0.3 is 0 Å². The van der Waals surface area contributed by atoms with Gasteiger partial charge in [-0.15, -0.1) is 0 Å². The zero-order chi connectivity index (χ0) is 16.0. The second-order valence-electron chi connectivity index (χ2n) is 5.95. The smallest absolute Gasteiger partial charge is 0.193 e. The maximum absolute atomic E-state index is 12.7. The lowest BCUT2D eigenvalue weighted by molar-refractivity contribution is 0.103. The highest BCUT2D eigenvalue weighted by Gasteiger charge is 2.27. The maximum Gasteiger partial charge on any atom is 0.193 e. The van der Waals surface area contributed by atoms with Crippen molar-refractivity contribution >= 4 is 21.7 Å². The fourth-order valence-electron chi connectivity index (χ4n) is 3.16. The first kappa shape index (κ1) is 14.4. The van der Waals surface area contributed by atoms with Crippen LogP contribution >= 0.6 is 15.9 Å². The van der Waals surface area contributed by atoms with E-state index in [9.17, 15) is 4.79 Å². The zero-order valence-electron chi connectivity index (χ0n) is 12.7. The molecule has 0 N–H and O–H groups in total. The predicted molar refractivity (Wildman–Crippen MR) is 97.3 cm³/mol. The van der Waals surface area contributed by atoms with Gasteiger partial charge in [-0.1, -0.05) is 82.2 Å². The number of halogens is 1. The number of fused-ring (bicyclic) bond motifs is 3. The maximum atomic E-state index is 12.7. The molecule has 112 valence electrons. The number of hydrogen-bond donors (Lipinski definition) is 0. The van der Waals surface area contributed by atoms with Crippen LogP contribution in [0.4, 0.5) is 0 Å². The average Bonchev–Trinajstić information content (AvgIpc) is 2.88. The molecule has 0 aliphatic heterocycles. The Hall–Kier alpha value is -2.19. The summed E-state index contributed by atoms with van der Waals surface area (Å²) in [4.78, 5) is 12.9. The van der Waals surface area contributed by atoms with Crippen molar-refractivity contribution in [1.29, 1.82) is 0 Å². The molecule has 1 aliphatic rings. The molecule has 3 aromatic rings. The van der Waals surface area contributed by atoms with Gasteiger partial charge in [-0.3, -0.25) is 4.79 Å². The van der Waals surface area contributed by atoms with E-state index in [1.54, 1.807) is 0 Å². The summed E-state index contributed by atoms with van der Waals surface area (Å²) in [7, 11) is 0. The minimum atomic E-state index is 0.0726. The van der Waals surface area contributed by atoms with E-state index in [-0.39, 0.29) is 10.6 Å². The lowest BCUT2D eigenvalue weighted by Crippen LogP contribution is -2.02. The lowest BCUT2D eigenvalue weighted by Gasteiger charge is -2.07. The van der Waals surface area contributed by atoms with Gasteiger partial charge in [0.15, 0.2) is 5.78 Å². The number of alkyl halides is 1. The van der Waals surface area contributed by atoms with Gasteiger partial charge in [0.2, 0.25) is 0 Å². The van der Waals surface area contributed by atoms with Crippen LogP contribution in [0, 0.1) is 6.92 Å². The van der Waals surface area contributed by atoms with E-state index in [1.807, 2.05) is 43.3 Å². The van der Waals surface area contributed by atoms with Crippen molar-refractivity contribution < 1.29 is 4.79 Å². The second-order valence-corrected chi connectivity index (χ2v) is 6.86. The van der Waals surface area contributed by atoms with E-state index in [4.69, 9.17) is 0 Å². The largest absolute Gasteiger partial charge is 0.289 e. The monoisotopic (exact) mass is 362 g/mol. The highest BCUT2D eigenvalue weighted by Crippen LogP contribution is 2.48. The molecule has 0 saturated carbocycles. The van der Waals surface area contributed by atoms with Crippen LogP contribution in [0.1, 0.15) is 37.4 Å². The van der Waals surface area contributed by atoms with E-state index < -0.39 is 0 Å². The minimum absolute atomic E-state index is 0.0726. The molecule has 0 heterocycles. The topological polar surface area (TPSA) is 17.1 Å². The molecule has 2 heteroatoms. The van der Waals surface area contributed by atoms with Crippen LogP contribution < -0.4 is 0 Å². The van der Waals surface area contributed by atoms with Crippen LogP contribution in [-0.2, 0) is 0 Å². The second kappa shape index (κ2) is 5.47. The van der Waals surface area contributed by atoms with Crippen LogP contribution in [0.2, 0.25) is 0 Å². The molecule has 3 aromatic carbocycles. The first-order chi connectivity index (χ1) is 11.1. The number of carbonyl (C=O) groups is 1. The minimum Gasteiger partial charge on any atom is -0.289 e. The van der Waals surface area contributed by atoms with Crippen molar-refractivity contribution in [3.63, 3.8) is 0 Å². The van der Waals surface area contributed by atoms with Crippen LogP contribution in [0.3, 0.4) is 0 Å². The summed E-state index contributed by atoms with van der Waals surface area (Å²) in [6, 6.07) is 22.1. The van der Waals surface area contributed by atoms with Crippen molar-refractivity contribution in [3.05, 3.63) is 94.5 Å². The summed E-state index contributed by atoms with van der Waals surface area (Å²) in [6.07, 6.45) is 0. The van der Waals surface area contributed by atoms with E-state index in [0.717, 1.165) is 16.7 Å². The standard InChI is InChI=1S/C21H15BrO/c1-13-6-8-14(9-7-13)21(23)15-10-11-17-16-4-2-3-5-18(16)20(22)19(17)12-15/h2-12,20H,1H3. The number of rotatable bonds is 2. The molecule has 0 saturated heterocycles. The van der Waals surface area contributed by atoms with Gasteiger partial charge in [0.1, 0.15) is 0 Å². The highest BCUT2D eigenvalue weighted by molar-refractivity contribution is 9.09. The molecule has 1 unspecified atom stereocenters. The van der Waals surface area contributed by atoms with Gasteiger partial charge >= 0.3 is 0 Å². The molecule has 0 fully saturated rings. The number of carbonyl (C=O) groups excluding carboxylic acids is 1. The normalized spacial score (nSPS) is 15.1. The summed E-state index contributed by atoms with van der Waals surface area (Å²) in [5.74, 6) is 0.0726. The zero-order valence-corrected chi connectivity index (χ0v) is 14.3. The Morgan fingerprint density at radius 2 is 1.48 bits per heavy atom. The molecule has 0 radical (unpaired) electrons. The van der Waals surface area contributed by atoms with E-state index >= 15 is 0 Å². The molecule has 4 rings (SSSR count). The van der Waals surface area contributed by atoms with Gasteiger partial charge in [-0.2, -0.15) is 0 Å². The molecule has 0 amide bonds. The quantitative estimate of drug-likeness (QED) is 0.422. The Kier molecular flexibility index (Phi) is 3.42. The van der Waals surface area contributed by atoms with Crippen LogP contribution in [0.5, 0.6) is 0 Å². The first-order valence-electron chi connectivity index (χ1n) is 7.64. The summed E-state index contributed by atoms with van der Waals surface area (Å²) in [5, 5.41) is 0. The Morgan fingerprint density at radius 3 is 2.26 bits per heavy atom. The molecular formula is C21H15BrO. The van der Waals surface area contributed by atoms with Crippen molar-refractivity contribution in [2.24, 2.45) is 0 Å². The third-order valence-electron chi connectivity index (χ3n) is 4.42. The Balaban J connectivity index is 1.77. The summed E-state index contributed by atoms with van der Waals surface area (Å²) < 4.78 is 0. The highest BCUT2D eigenvalue weighted by atomic mass is 79.9. The van der Waals surface area contributed by atoms with Crippen molar-refractivity contribution in [2.75, 3.05) is 0 Å². The van der Waals surface area contributed by atoms with Crippen molar-refractivity contribution in [1.82, 2.24) is 0 Å². The van der Waals surface area contributed by atoms with Gasteiger partial charge in [0.05, 0.1) is 4.83 Å². The molecule has 1 aliphatic carbocycles. The van der Waals surface area contributed by atoms with Gasteiger partial charge in [-0.05, 0) is 35.2 Å². The fourth-order valence-corrected chi connectivity index (χ4v) is 3.94. The number of ketones is 1. The summed E-state index contributed by atoms with van der Waals surface area (Å²) >= 11 is 3.77. The van der Waals surface area contributed by atoms with E-state index in [2.05, 4.69) is 46.3 Å². The lowest BCUT2D eigenvalue weighted by atomic mass is 9.98. The fraction of sp³-hybridized carbons (Fsp3) is 0.0952. The first-order valence-corrected chi connectivity index (χ1v) is 8.55. The third kappa shape index (κ3) is 2.34. The molecule has 1 nitrogen and oxygen atoms in total. The van der Waals surface area contributed by atoms with Crippen LogP contribution in [-0.4, -0.2) is 5.78 Å². The number of aryl methyl sites for hydroxylation is 1. The molecule has 1 atom stereocenters. The van der Waals surface area contributed by atoms with E-state index in [1.165, 1.54) is 22.3 Å². The summed E-state index contributed by atoms with van der Waals surface area (Å²) in [5.41, 5.74) is 7.53. The van der Waals surface area contributed by atoms with Crippen LogP contribution in [0.15, 0.2) is 66.7 Å². The SMILES string of the molecule is Cc1ccc(C(=O)c2ccc3c(c2)C(Br)c2ccccc2-3)cc1. The number of benzene rings is 3. The Bertz CT molecular complexity index is 909. The average molecular weight is 363 g/mol. The Labute approximate surface area is 144 Å². The number of hydrogen-bond acceptors (Lipinski definition) is 1. The van der Waals surface area contributed by atoms with E-state index in [0.29, 0.717) is 0 Å². The van der Waals surface area contributed by atoms with Crippen molar-refractivity contribution in [3.8, 4) is 11.1 Å². The van der Waals surface area contributed by atoms with Crippen molar-refractivity contribution in [2.45, 2.75) is 11.8 Å². The molecule has 0 bridgehead atoms. The molecular weight excluding hydrogens is 348 g/mol. The predicted octanol–water partition coefficient (Wildman–Crippen LogP) is 5.69. The molecule has 0 spiro atoms. The van der Waals surface area contributed by atoms with Gasteiger partial charge in [-0.25, -0.2) is 0 Å². The molecule has 23 heavy (non-hydrogen) atoms. The third-order valence-corrected chi connectivity index (χ3v) is 5.41.